The Balaban J connectivity index is 3.04. The molecule has 12 heavy (non-hydrogen) atoms. The van der Waals surface area contributed by atoms with Crippen molar-refractivity contribution in [2.24, 2.45) is 0 Å². The molecule has 0 aliphatic carbocycles. The highest BCUT2D eigenvalue weighted by Gasteiger charge is 2.07. The monoisotopic (exact) mass is 334 g/mol. The third-order valence-electron chi connectivity index (χ3n) is 1.09. The van der Waals surface area contributed by atoms with Crippen LogP contribution < -0.4 is 0 Å². The van der Waals surface area contributed by atoms with Crippen molar-refractivity contribution < 1.29 is 0 Å². The van der Waals surface area contributed by atoms with Crippen molar-refractivity contribution in [2.75, 3.05) is 6.26 Å². The van der Waals surface area contributed by atoms with Crippen LogP contribution in [0.15, 0.2) is 0 Å². The van der Waals surface area contributed by atoms with Crippen LogP contribution in [0.4, 0.5) is 0 Å². The quantitative estimate of drug-likeness (QED) is 0.613. The fourth-order valence-corrected chi connectivity index (χ4v) is 1.68. The molecule has 0 N–H and O–H groups in total. The number of nitrogens with zero attached hydrogens (tertiary/aromatic N) is 2. The maximum absolute atomic E-state index is 5.80. The molecule has 0 atom stereocenters. The number of thioether (sulfide) groups is 1. The van der Waals surface area contributed by atoms with E-state index in [2.05, 4.69) is 9.97 Å². The molecule has 0 saturated carbocycles. The third kappa shape index (κ3) is 2.61. The highest BCUT2D eigenvalue weighted by molar-refractivity contribution is 14.1. The summed E-state index contributed by atoms with van der Waals surface area (Å²) in [5, 5.41) is 0.860. The standard InChI is InChI=1S/C6H5Cl2IN2S/c1-12-2-3-10-5(7)4(9)6(8)11-3/h2H2,1H3. The first-order valence-electron chi connectivity index (χ1n) is 3.01. The lowest BCUT2D eigenvalue weighted by atomic mass is 10.6. The topological polar surface area (TPSA) is 25.8 Å². The van der Waals surface area contributed by atoms with Crippen LogP contribution in [0.25, 0.3) is 0 Å². The highest BCUT2D eigenvalue weighted by Crippen LogP contribution is 2.23. The van der Waals surface area contributed by atoms with E-state index in [9.17, 15) is 0 Å². The first kappa shape index (κ1) is 10.8. The van der Waals surface area contributed by atoms with E-state index < -0.39 is 0 Å². The zero-order valence-corrected chi connectivity index (χ0v) is 10.6. The number of aromatic nitrogens is 2. The molecular weight excluding hydrogens is 330 g/mol. The van der Waals surface area contributed by atoms with E-state index >= 15 is 0 Å². The van der Waals surface area contributed by atoms with Gasteiger partial charge in [0.2, 0.25) is 0 Å². The smallest absolute Gasteiger partial charge is 0.147 e. The van der Waals surface area contributed by atoms with Crippen molar-refractivity contribution in [3.05, 3.63) is 19.7 Å². The Morgan fingerprint density at radius 2 is 1.83 bits per heavy atom. The molecule has 0 aliphatic heterocycles. The first-order valence-corrected chi connectivity index (χ1v) is 6.24. The lowest BCUT2D eigenvalue weighted by molar-refractivity contribution is 1.03. The van der Waals surface area contributed by atoms with Gasteiger partial charge in [0.25, 0.3) is 0 Å². The molecule has 1 aromatic rings. The van der Waals surface area contributed by atoms with E-state index in [1.807, 2.05) is 28.8 Å². The fourth-order valence-electron chi connectivity index (χ4n) is 0.629. The molecule has 0 bridgehead atoms. The molecule has 0 aromatic carbocycles. The number of hydrogen-bond acceptors (Lipinski definition) is 3. The molecule has 0 fully saturated rings. The normalized spacial score (nSPS) is 10.3. The van der Waals surface area contributed by atoms with Crippen molar-refractivity contribution in [1.29, 1.82) is 0 Å². The minimum absolute atomic E-state index is 0.430. The Morgan fingerprint density at radius 3 is 2.25 bits per heavy atom. The minimum atomic E-state index is 0.430. The van der Waals surface area contributed by atoms with Crippen molar-refractivity contribution >= 4 is 57.6 Å². The average molecular weight is 335 g/mol. The van der Waals surface area contributed by atoms with Crippen molar-refractivity contribution in [3.63, 3.8) is 0 Å². The minimum Gasteiger partial charge on any atom is -0.219 e. The number of hydrogen-bond donors (Lipinski definition) is 0. The summed E-state index contributed by atoms with van der Waals surface area (Å²) >= 11 is 15.3. The van der Waals surface area contributed by atoms with Gasteiger partial charge in [-0.15, -0.1) is 0 Å². The van der Waals surface area contributed by atoms with Gasteiger partial charge in [0.1, 0.15) is 16.1 Å². The van der Waals surface area contributed by atoms with Gasteiger partial charge in [-0.3, -0.25) is 0 Å². The third-order valence-corrected chi connectivity index (χ3v) is 3.84. The largest absolute Gasteiger partial charge is 0.219 e. The molecule has 0 spiro atoms. The summed E-state index contributed by atoms with van der Waals surface area (Å²) in [5.41, 5.74) is 0. The Hall–Kier alpha value is 0.740. The van der Waals surface area contributed by atoms with Gasteiger partial charge >= 0.3 is 0 Å². The van der Waals surface area contributed by atoms with Gasteiger partial charge in [-0.25, -0.2) is 9.97 Å². The summed E-state index contributed by atoms with van der Waals surface area (Å²) in [7, 11) is 0. The van der Waals surface area contributed by atoms with Gasteiger partial charge in [0.05, 0.1) is 9.32 Å². The first-order chi connectivity index (χ1) is 5.65. The fraction of sp³-hybridized carbons (Fsp3) is 0.333. The average Bonchev–Trinajstić information content (AvgIpc) is 2.01. The van der Waals surface area contributed by atoms with Gasteiger partial charge in [0.15, 0.2) is 0 Å². The van der Waals surface area contributed by atoms with Gasteiger partial charge in [0, 0.05) is 0 Å². The summed E-state index contributed by atoms with van der Waals surface area (Å²) < 4.78 is 0.709. The van der Waals surface area contributed by atoms with Gasteiger partial charge in [-0.05, 0) is 28.8 Å². The predicted octanol–water partition coefficient (Wildman–Crippen LogP) is 3.25. The van der Waals surface area contributed by atoms with E-state index in [0.29, 0.717) is 19.7 Å². The number of halogens is 3. The SMILES string of the molecule is CSCc1nc(Cl)c(I)c(Cl)n1. The molecule has 6 heteroatoms. The van der Waals surface area contributed by atoms with E-state index in [1.165, 1.54) is 0 Å². The van der Waals surface area contributed by atoms with Crippen LogP contribution in [0.1, 0.15) is 5.82 Å². The predicted molar refractivity (Wildman–Crippen MR) is 62.0 cm³/mol. The van der Waals surface area contributed by atoms with Crippen molar-refractivity contribution in [1.82, 2.24) is 9.97 Å². The Kier molecular flexibility index (Phi) is 4.36. The second kappa shape index (κ2) is 4.83. The molecule has 0 radical (unpaired) electrons. The summed E-state index contributed by atoms with van der Waals surface area (Å²) in [6.45, 7) is 0. The van der Waals surface area contributed by atoms with Gasteiger partial charge in [-0.1, -0.05) is 23.2 Å². The van der Waals surface area contributed by atoms with Crippen molar-refractivity contribution in [3.8, 4) is 0 Å². The molecule has 2 nitrogen and oxygen atoms in total. The second-order valence-corrected chi connectivity index (χ2v) is 4.63. The Bertz CT molecular complexity index is 272. The van der Waals surface area contributed by atoms with Crippen molar-refractivity contribution in [2.45, 2.75) is 5.75 Å². The Labute approximate surface area is 98.6 Å². The van der Waals surface area contributed by atoms with Gasteiger partial charge in [-0.2, -0.15) is 11.8 Å². The molecule has 0 unspecified atom stereocenters. The van der Waals surface area contributed by atoms with Crippen LogP contribution in [0.5, 0.6) is 0 Å². The zero-order chi connectivity index (χ0) is 9.14. The number of rotatable bonds is 2. The van der Waals surface area contributed by atoms with E-state index in [1.54, 1.807) is 11.8 Å². The van der Waals surface area contributed by atoms with Crippen LogP contribution in [-0.4, -0.2) is 16.2 Å². The zero-order valence-electron chi connectivity index (χ0n) is 6.14. The summed E-state index contributed by atoms with van der Waals surface area (Å²) in [6, 6.07) is 0. The van der Waals surface area contributed by atoms with E-state index in [-0.39, 0.29) is 0 Å². The van der Waals surface area contributed by atoms with Crippen LogP contribution in [0.3, 0.4) is 0 Å². The lowest BCUT2D eigenvalue weighted by Crippen LogP contribution is -1.96. The maximum Gasteiger partial charge on any atom is 0.147 e. The summed E-state index contributed by atoms with van der Waals surface area (Å²) in [6.07, 6.45) is 1.98. The van der Waals surface area contributed by atoms with E-state index in [0.717, 1.165) is 5.75 Å². The van der Waals surface area contributed by atoms with Crippen LogP contribution in [0.2, 0.25) is 10.3 Å². The lowest BCUT2D eigenvalue weighted by Gasteiger charge is -2.01. The van der Waals surface area contributed by atoms with Gasteiger partial charge < -0.3 is 0 Å². The molecular formula is C6H5Cl2IN2S. The molecule has 1 heterocycles. The maximum atomic E-state index is 5.80. The molecule has 0 amide bonds. The summed E-state index contributed by atoms with van der Waals surface area (Å²) in [5.74, 6) is 1.41. The van der Waals surface area contributed by atoms with Crippen LogP contribution in [0, 0.1) is 3.57 Å². The second-order valence-electron chi connectivity index (χ2n) is 1.97. The summed E-state index contributed by atoms with van der Waals surface area (Å²) in [4.78, 5) is 8.13. The van der Waals surface area contributed by atoms with Crippen LogP contribution >= 0.6 is 57.6 Å². The Morgan fingerprint density at radius 1 is 1.33 bits per heavy atom. The molecule has 1 aromatic heterocycles. The molecule has 1 rings (SSSR count). The molecule has 0 saturated heterocycles. The van der Waals surface area contributed by atoms with E-state index in [4.69, 9.17) is 23.2 Å². The van der Waals surface area contributed by atoms with Crippen LogP contribution in [-0.2, 0) is 5.75 Å². The highest BCUT2D eigenvalue weighted by atomic mass is 127. The molecule has 66 valence electrons. The molecule has 0 aliphatic rings.